The van der Waals surface area contributed by atoms with E-state index in [1.165, 1.54) is 0 Å². The molecule has 0 aliphatic heterocycles. The summed E-state index contributed by atoms with van der Waals surface area (Å²) < 4.78 is 4.92. The Balaban J connectivity index is 3.59. The van der Waals surface area contributed by atoms with Crippen LogP contribution >= 0.6 is 0 Å². The number of amides is 2. The van der Waals surface area contributed by atoms with Gasteiger partial charge in [-0.25, -0.2) is 10.3 Å². The lowest BCUT2D eigenvalue weighted by Gasteiger charge is -2.19. The molecular formula is C11H20N2O6. The first-order valence-electron chi connectivity index (χ1n) is 5.80. The molecule has 8 nitrogen and oxygen atoms in total. The van der Waals surface area contributed by atoms with Crippen LogP contribution in [0.25, 0.3) is 0 Å². The predicted molar refractivity (Wildman–Crippen MR) is 65.2 cm³/mol. The van der Waals surface area contributed by atoms with Crippen molar-refractivity contribution in [1.29, 1.82) is 0 Å². The molecule has 0 aromatic rings. The van der Waals surface area contributed by atoms with Crippen molar-refractivity contribution in [3.63, 3.8) is 0 Å². The Kier molecular flexibility index (Phi) is 7.50. The van der Waals surface area contributed by atoms with Crippen molar-refractivity contribution in [3.8, 4) is 0 Å². The molecule has 0 saturated carbocycles. The Morgan fingerprint density at radius 1 is 1.21 bits per heavy atom. The van der Waals surface area contributed by atoms with E-state index >= 15 is 0 Å². The van der Waals surface area contributed by atoms with Gasteiger partial charge in [-0.1, -0.05) is 0 Å². The number of hydroxylamine groups is 1. The Morgan fingerprint density at radius 3 is 2.37 bits per heavy atom. The summed E-state index contributed by atoms with van der Waals surface area (Å²) in [5, 5.41) is 10.6. The molecule has 0 fully saturated rings. The monoisotopic (exact) mass is 276 g/mol. The highest BCUT2D eigenvalue weighted by Gasteiger charge is 2.16. The summed E-state index contributed by atoms with van der Waals surface area (Å²) in [4.78, 5) is 37.3. The number of hydrogen-bond donors (Lipinski definition) is 3. The quantitative estimate of drug-likeness (QED) is 0.459. The summed E-state index contributed by atoms with van der Waals surface area (Å²) >= 11 is 0. The number of rotatable bonds is 7. The van der Waals surface area contributed by atoms with Crippen molar-refractivity contribution in [1.82, 2.24) is 10.8 Å². The molecule has 19 heavy (non-hydrogen) atoms. The zero-order valence-electron chi connectivity index (χ0n) is 11.3. The van der Waals surface area contributed by atoms with Crippen LogP contribution in [0.5, 0.6) is 0 Å². The summed E-state index contributed by atoms with van der Waals surface area (Å²) in [7, 11) is 0. The number of alkyl carbamates (subject to hydrolysis) is 1. The molecule has 110 valence electrons. The first-order chi connectivity index (χ1) is 8.70. The third-order valence-corrected chi connectivity index (χ3v) is 1.62. The Hall–Kier alpha value is -1.83. The molecule has 0 unspecified atom stereocenters. The van der Waals surface area contributed by atoms with Crippen LogP contribution in [0.2, 0.25) is 0 Å². The maximum absolute atomic E-state index is 11.2. The zero-order chi connectivity index (χ0) is 14.9. The molecule has 0 radical (unpaired) electrons. The van der Waals surface area contributed by atoms with E-state index in [4.69, 9.17) is 14.7 Å². The topological polar surface area (TPSA) is 114 Å². The van der Waals surface area contributed by atoms with Gasteiger partial charge >= 0.3 is 12.1 Å². The summed E-state index contributed by atoms with van der Waals surface area (Å²) in [6.07, 6.45) is -0.449. The average Bonchev–Trinajstić information content (AvgIpc) is 2.23. The normalized spacial score (nSPS) is 10.7. The molecule has 3 N–H and O–H groups in total. The molecule has 0 bridgehead atoms. The maximum atomic E-state index is 11.2. The van der Waals surface area contributed by atoms with Gasteiger partial charge in [0.05, 0.1) is 6.61 Å². The highest BCUT2D eigenvalue weighted by atomic mass is 16.6. The first-order valence-corrected chi connectivity index (χ1v) is 5.80. The molecule has 0 saturated heterocycles. The van der Waals surface area contributed by atoms with Crippen molar-refractivity contribution in [2.24, 2.45) is 0 Å². The van der Waals surface area contributed by atoms with Crippen molar-refractivity contribution in [2.75, 3.05) is 13.2 Å². The van der Waals surface area contributed by atoms with Crippen molar-refractivity contribution >= 4 is 18.0 Å². The van der Waals surface area contributed by atoms with Crippen LogP contribution in [0.4, 0.5) is 4.79 Å². The fourth-order valence-corrected chi connectivity index (χ4v) is 0.930. The van der Waals surface area contributed by atoms with Gasteiger partial charge in [0.25, 0.3) is 5.91 Å². The number of ether oxygens (including phenoxy) is 1. The van der Waals surface area contributed by atoms with Gasteiger partial charge in [-0.2, -0.15) is 0 Å². The van der Waals surface area contributed by atoms with Crippen LogP contribution in [0.15, 0.2) is 0 Å². The SMILES string of the molecule is CC(C)(C)OC(=O)NCC(=O)NOCCCC(=O)O. The zero-order valence-corrected chi connectivity index (χ0v) is 11.3. The van der Waals surface area contributed by atoms with Gasteiger partial charge in [-0.3, -0.25) is 14.4 Å². The van der Waals surface area contributed by atoms with Gasteiger partial charge in [0.2, 0.25) is 0 Å². The first kappa shape index (κ1) is 17.2. The second kappa shape index (κ2) is 8.30. The van der Waals surface area contributed by atoms with Crippen molar-refractivity contribution in [3.05, 3.63) is 0 Å². The lowest BCUT2D eigenvalue weighted by Crippen LogP contribution is -2.39. The van der Waals surface area contributed by atoms with E-state index in [0.29, 0.717) is 0 Å². The van der Waals surface area contributed by atoms with E-state index < -0.39 is 23.6 Å². The molecule has 0 atom stereocenters. The molecule has 8 heteroatoms. The van der Waals surface area contributed by atoms with Gasteiger partial charge in [0, 0.05) is 6.42 Å². The van der Waals surface area contributed by atoms with Crippen LogP contribution in [-0.2, 0) is 19.2 Å². The highest BCUT2D eigenvalue weighted by Crippen LogP contribution is 2.05. The molecule has 0 rings (SSSR count). The Morgan fingerprint density at radius 2 is 1.84 bits per heavy atom. The molecule has 2 amide bonds. The number of carboxylic acid groups (broad SMARTS) is 1. The van der Waals surface area contributed by atoms with Gasteiger partial charge in [0.15, 0.2) is 0 Å². The number of aliphatic carboxylic acids is 1. The number of carbonyl (C=O) groups is 3. The Bertz CT molecular complexity index is 324. The van der Waals surface area contributed by atoms with Gasteiger partial charge in [-0.05, 0) is 27.2 Å². The third kappa shape index (κ3) is 12.4. The number of hydrogen-bond acceptors (Lipinski definition) is 5. The standard InChI is InChI=1S/C11H20N2O6/c1-11(2,3)19-10(17)12-7-8(14)13-18-6-4-5-9(15)16/h4-7H2,1-3H3,(H,12,17)(H,13,14)(H,15,16). The predicted octanol–water partition coefficient (Wildman–Crippen LogP) is 0.424. The number of nitrogens with one attached hydrogen (secondary N) is 2. The molecule has 0 aliphatic rings. The van der Waals surface area contributed by atoms with E-state index in [-0.39, 0.29) is 26.0 Å². The second-order valence-corrected chi connectivity index (χ2v) is 4.73. The van der Waals surface area contributed by atoms with E-state index in [0.717, 1.165) is 0 Å². The highest BCUT2D eigenvalue weighted by molar-refractivity contribution is 5.81. The molecule has 0 heterocycles. The van der Waals surface area contributed by atoms with Crippen LogP contribution in [0.3, 0.4) is 0 Å². The fraction of sp³-hybridized carbons (Fsp3) is 0.727. The maximum Gasteiger partial charge on any atom is 0.408 e. The fourth-order valence-electron chi connectivity index (χ4n) is 0.930. The van der Waals surface area contributed by atoms with Crippen molar-refractivity contribution in [2.45, 2.75) is 39.2 Å². The summed E-state index contributed by atoms with van der Waals surface area (Å²) in [6.45, 7) is 4.92. The second-order valence-electron chi connectivity index (χ2n) is 4.73. The van der Waals surface area contributed by atoms with Gasteiger partial charge < -0.3 is 15.2 Å². The number of carboxylic acids is 1. The summed E-state index contributed by atoms with van der Waals surface area (Å²) in [6, 6.07) is 0. The summed E-state index contributed by atoms with van der Waals surface area (Å²) in [5.74, 6) is -1.48. The molecule has 0 aromatic carbocycles. The van der Waals surface area contributed by atoms with E-state index in [1.807, 2.05) is 0 Å². The molecule has 0 aromatic heterocycles. The van der Waals surface area contributed by atoms with Crippen LogP contribution in [-0.4, -0.2) is 41.8 Å². The summed E-state index contributed by atoms with van der Waals surface area (Å²) in [5.41, 5.74) is 1.44. The number of carbonyl (C=O) groups excluding carboxylic acids is 2. The van der Waals surface area contributed by atoms with E-state index in [1.54, 1.807) is 20.8 Å². The van der Waals surface area contributed by atoms with Crippen molar-refractivity contribution < 1.29 is 29.1 Å². The average molecular weight is 276 g/mol. The van der Waals surface area contributed by atoms with E-state index in [2.05, 4.69) is 10.8 Å². The molecular weight excluding hydrogens is 256 g/mol. The van der Waals surface area contributed by atoms with Crippen LogP contribution < -0.4 is 10.8 Å². The minimum atomic E-state index is -0.929. The van der Waals surface area contributed by atoms with E-state index in [9.17, 15) is 14.4 Å². The minimum absolute atomic E-state index is 0.0357. The van der Waals surface area contributed by atoms with Crippen LogP contribution in [0.1, 0.15) is 33.6 Å². The molecule has 0 aliphatic carbocycles. The molecule has 0 spiro atoms. The largest absolute Gasteiger partial charge is 0.481 e. The Labute approximate surface area is 111 Å². The van der Waals surface area contributed by atoms with Gasteiger partial charge in [-0.15, -0.1) is 0 Å². The lowest BCUT2D eigenvalue weighted by atomic mass is 10.2. The third-order valence-electron chi connectivity index (χ3n) is 1.62. The van der Waals surface area contributed by atoms with Crippen LogP contribution in [0, 0.1) is 0 Å². The smallest absolute Gasteiger partial charge is 0.408 e. The lowest BCUT2D eigenvalue weighted by molar-refractivity contribution is -0.138. The minimum Gasteiger partial charge on any atom is -0.481 e. The van der Waals surface area contributed by atoms with Gasteiger partial charge in [0.1, 0.15) is 12.1 Å².